The quantitative estimate of drug-likeness (QED) is 0.486. The molecule has 1 rings (SSSR count). The van der Waals surface area contributed by atoms with E-state index in [2.05, 4.69) is 45.2 Å². The van der Waals surface area contributed by atoms with Crippen molar-refractivity contribution in [3.05, 3.63) is 30.9 Å². The number of carboxylic acid groups (broad SMARTS) is 1. The van der Waals surface area contributed by atoms with Crippen molar-refractivity contribution >= 4 is 73.7 Å². The molecule has 0 aromatic heterocycles. The van der Waals surface area contributed by atoms with Crippen LogP contribution in [0.3, 0.4) is 0 Å². The zero-order valence-corrected chi connectivity index (χ0v) is 12.8. The molecule has 0 amide bonds. The maximum absolute atomic E-state index is 10.7. The van der Waals surface area contributed by atoms with Gasteiger partial charge in [-0.1, -0.05) is 28.7 Å². The Labute approximate surface area is 117 Å². The molecule has 0 aliphatic heterocycles. The molecule has 70 valence electrons. The molecule has 5 heteroatoms. The Morgan fingerprint density at radius 2 is 2.00 bits per heavy atom. The number of rotatable bonds is 2. The van der Waals surface area contributed by atoms with Crippen LogP contribution in [-0.4, -0.2) is 11.1 Å². The molecule has 0 radical (unpaired) electrons. The molecule has 0 heterocycles. The van der Waals surface area contributed by atoms with E-state index >= 15 is 0 Å². The molecule has 1 aromatic carbocycles. The predicted octanol–water partition coefficient (Wildman–Crippen LogP) is 3.46. The van der Waals surface area contributed by atoms with E-state index in [4.69, 9.17) is 5.11 Å². The fourth-order valence-corrected chi connectivity index (χ4v) is 3.89. The topological polar surface area (TPSA) is 37.3 Å². The normalized spacial score (nSPS) is 12.5. The van der Waals surface area contributed by atoms with E-state index in [1.54, 1.807) is 0 Å². The van der Waals surface area contributed by atoms with Gasteiger partial charge in [0.2, 0.25) is 0 Å². The molecular formula is C8H5I3O2. The number of hydrogen-bond acceptors (Lipinski definition) is 1. The van der Waals surface area contributed by atoms with Gasteiger partial charge in [-0.2, -0.15) is 0 Å². The predicted molar refractivity (Wildman–Crippen MR) is 76.3 cm³/mol. The first kappa shape index (κ1) is 12.0. The molecule has 1 N–H and O–H groups in total. The lowest BCUT2D eigenvalue weighted by Crippen LogP contribution is -2.05. The van der Waals surface area contributed by atoms with Gasteiger partial charge in [0, 0.05) is 7.14 Å². The summed E-state index contributed by atoms with van der Waals surface area (Å²) in [6.45, 7) is 0. The number of hydrogen-bond donors (Lipinski definition) is 1. The van der Waals surface area contributed by atoms with Crippen LogP contribution in [0.5, 0.6) is 0 Å². The number of carboxylic acids is 1. The van der Waals surface area contributed by atoms with Crippen LogP contribution in [0, 0.1) is 7.14 Å². The van der Waals surface area contributed by atoms with Crippen molar-refractivity contribution in [2.24, 2.45) is 0 Å². The van der Waals surface area contributed by atoms with Gasteiger partial charge >= 0.3 is 5.97 Å². The number of halogens is 3. The second-order valence-corrected chi connectivity index (χ2v) is 6.02. The Kier molecular flexibility index (Phi) is 4.69. The van der Waals surface area contributed by atoms with Crippen LogP contribution in [0.4, 0.5) is 0 Å². The molecule has 1 atom stereocenters. The number of aliphatic carboxylic acids is 1. The minimum Gasteiger partial charge on any atom is -0.480 e. The smallest absolute Gasteiger partial charge is 0.321 e. The third-order valence-corrected chi connectivity index (χ3v) is 4.26. The molecule has 0 fully saturated rings. The van der Waals surface area contributed by atoms with Gasteiger partial charge in [0.25, 0.3) is 0 Å². The summed E-state index contributed by atoms with van der Waals surface area (Å²) in [4.78, 5) is 10.7. The molecule has 1 aromatic rings. The third-order valence-electron chi connectivity index (χ3n) is 1.45. The van der Waals surface area contributed by atoms with Crippen molar-refractivity contribution in [1.29, 1.82) is 0 Å². The van der Waals surface area contributed by atoms with Gasteiger partial charge in [-0.05, 0) is 62.9 Å². The highest BCUT2D eigenvalue weighted by Gasteiger charge is 2.17. The molecule has 0 aliphatic rings. The van der Waals surface area contributed by atoms with E-state index in [9.17, 15) is 4.79 Å². The van der Waals surface area contributed by atoms with Gasteiger partial charge < -0.3 is 5.11 Å². The summed E-state index contributed by atoms with van der Waals surface area (Å²) in [6.07, 6.45) is 0. The summed E-state index contributed by atoms with van der Waals surface area (Å²) < 4.78 is 1.67. The number of benzene rings is 1. The van der Waals surface area contributed by atoms with Gasteiger partial charge in [0.05, 0.1) is 0 Å². The monoisotopic (exact) mass is 514 g/mol. The van der Waals surface area contributed by atoms with Crippen LogP contribution >= 0.6 is 67.8 Å². The number of alkyl halides is 1. The average molecular weight is 514 g/mol. The Morgan fingerprint density at radius 3 is 2.46 bits per heavy atom. The second kappa shape index (κ2) is 5.10. The van der Waals surface area contributed by atoms with E-state index in [1.165, 1.54) is 0 Å². The highest BCUT2D eigenvalue weighted by atomic mass is 127. The molecular weight excluding hydrogens is 509 g/mol. The summed E-state index contributed by atoms with van der Waals surface area (Å²) in [5.41, 5.74) is 0.870. The number of carbonyl (C=O) groups is 1. The fraction of sp³-hybridized carbons (Fsp3) is 0.125. The van der Waals surface area contributed by atoms with Gasteiger partial charge in [0.15, 0.2) is 0 Å². The Bertz CT molecular complexity index is 338. The van der Waals surface area contributed by atoms with Gasteiger partial charge in [0.1, 0.15) is 3.92 Å². The molecule has 0 saturated carbocycles. The standard InChI is InChI=1S/C8H5I3O2/c9-4-1-2-5(6(10)3-4)7(11)8(12)13/h1-3,7H,(H,12,13). The maximum atomic E-state index is 10.7. The minimum absolute atomic E-state index is 0.457. The average Bonchev–Trinajstić information content (AvgIpc) is 2.03. The van der Waals surface area contributed by atoms with Gasteiger partial charge in [-0.3, -0.25) is 4.79 Å². The van der Waals surface area contributed by atoms with E-state index in [0.29, 0.717) is 0 Å². The van der Waals surface area contributed by atoms with Crippen molar-refractivity contribution in [2.75, 3.05) is 0 Å². The zero-order valence-electron chi connectivity index (χ0n) is 6.30. The molecule has 13 heavy (non-hydrogen) atoms. The first-order valence-corrected chi connectivity index (χ1v) is 6.74. The van der Waals surface area contributed by atoms with Crippen molar-refractivity contribution in [3.63, 3.8) is 0 Å². The Hall–Kier alpha value is 0.880. The van der Waals surface area contributed by atoms with Crippen molar-refractivity contribution in [2.45, 2.75) is 3.92 Å². The SMILES string of the molecule is O=C(O)C(I)c1ccc(I)cc1I. The van der Waals surface area contributed by atoms with E-state index < -0.39 is 9.89 Å². The first-order valence-electron chi connectivity index (χ1n) is 3.34. The van der Waals surface area contributed by atoms with Crippen molar-refractivity contribution in [3.8, 4) is 0 Å². The summed E-state index contributed by atoms with van der Waals surface area (Å²) in [5.74, 6) is -0.792. The molecule has 1 unspecified atom stereocenters. The van der Waals surface area contributed by atoms with Gasteiger partial charge in [-0.15, -0.1) is 0 Å². The van der Waals surface area contributed by atoms with Crippen LogP contribution in [0.1, 0.15) is 9.49 Å². The minimum atomic E-state index is -0.792. The van der Waals surface area contributed by atoms with Crippen LogP contribution in [0.15, 0.2) is 18.2 Å². The third kappa shape index (κ3) is 3.18. The van der Waals surface area contributed by atoms with E-state index in [0.717, 1.165) is 12.7 Å². The lowest BCUT2D eigenvalue weighted by atomic mass is 10.2. The fourth-order valence-electron chi connectivity index (χ4n) is 0.840. The van der Waals surface area contributed by atoms with Crippen LogP contribution in [0.2, 0.25) is 0 Å². The van der Waals surface area contributed by atoms with Crippen LogP contribution in [0.25, 0.3) is 0 Å². The summed E-state index contributed by atoms with van der Waals surface area (Å²) in [5, 5.41) is 8.82. The van der Waals surface area contributed by atoms with E-state index in [1.807, 2.05) is 40.8 Å². The highest BCUT2D eigenvalue weighted by molar-refractivity contribution is 14.1. The van der Waals surface area contributed by atoms with Crippen molar-refractivity contribution in [1.82, 2.24) is 0 Å². The lowest BCUT2D eigenvalue weighted by Gasteiger charge is -2.07. The second-order valence-electron chi connectivity index (χ2n) is 2.37. The zero-order chi connectivity index (χ0) is 10.0. The summed E-state index contributed by atoms with van der Waals surface area (Å²) >= 11 is 6.30. The molecule has 0 spiro atoms. The van der Waals surface area contributed by atoms with Crippen molar-refractivity contribution < 1.29 is 9.90 Å². The molecule has 0 bridgehead atoms. The largest absolute Gasteiger partial charge is 0.480 e. The Balaban J connectivity index is 3.08. The lowest BCUT2D eigenvalue weighted by molar-refractivity contribution is -0.136. The highest BCUT2D eigenvalue weighted by Crippen LogP contribution is 2.28. The Morgan fingerprint density at radius 1 is 1.38 bits per heavy atom. The molecule has 2 nitrogen and oxygen atoms in total. The summed E-state index contributed by atoms with van der Waals surface area (Å²) in [6, 6.07) is 5.77. The van der Waals surface area contributed by atoms with E-state index in [-0.39, 0.29) is 0 Å². The molecule has 0 saturated heterocycles. The maximum Gasteiger partial charge on any atom is 0.321 e. The van der Waals surface area contributed by atoms with Crippen LogP contribution in [-0.2, 0) is 4.79 Å². The van der Waals surface area contributed by atoms with Crippen LogP contribution < -0.4 is 0 Å². The molecule has 0 aliphatic carbocycles. The van der Waals surface area contributed by atoms with Gasteiger partial charge in [-0.25, -0.2) is 0 Å². The summed E-state index contributed by atoms with van der Waals surface area (Å²) in [7, 11) is 0. The first-order chi connectivity index (χ1) is 6.02.